The van der Waals surface area contributed by atoms with Gasteiger partial charge in [-0.05, 0) is 42.0 Å². The van der Waals surface area contributed by atoms with E-state index in [4.69, 9.17) is 10.1 Å². The van der Waals surface area contributed by atoms with Crippen LogP contribution in [0.4, 0.5) is 0 Å². The number of phenols is 1. The minimum absolute atomic E-state index is 0.0738. The van der Waals surface area contributed by atoms with Crippen LogP contribution >= 0.6 is 0 Å². The zero-order chi connectivity index (χ0) is 27.2. The Morgan fingerprint density at radius 1 is 0.795 bits per heavy atom. The SMILES string of the molecule is O=C(Cn1c(-c2ccc(O)cc2)nc(-c2ccccc2)c1-c1ccccc1)N/N=C/c1ccc(C(=O)O)cc1. The number of nitrogens with one attached hydrogen (secondary N) is 1. The Balaban J connectivity index is 1.52. The molecule has 192 valence electrons. The number of aromatic carboxylic acids is 1. The second-order valence-corrected chi connectivity index (χ2v) is 8.72. The normalized spacial score (nSPS) is 11.0. The summed E-state index contributed by atoms with van der Waals surface area (Å²) in [6, 6.07) is 32.3. The van der Waals surface area contributed by atoms with Crippen LogP contribution in [0.15, 0.2) is 114 Å². The number of amides is 1. The van der Waals surface area contributed by atoms with Crippen LogP contribution in [-0.2, 0) is 11.3 Å². The molecule has 3 N–H and O–H groups in total. The van der Waals surface area contributed by atoms with E-state index < -0.39 is 5.97 Å². The van der Waals surface area contributed by atoms with E-state index in [0.29, 0.717) is 11.4 Å². The Labute approximate surface area is 224 Å². The van der Waals surface area contributed by atoms with Gasteiger partial charge in [0.2, 0.25) is 0 Å². The number of carboxylic acids is 1. The zero-order valence-electron chi connectivity index (χ0n) is 20.7. The molecule has 1 aromatic heterocycles. The van der Waals surface area contributed by atoms with Crippen LogP contribution in [0.5, 0.6) is 5.75 Å². The molecule has 0 spiro atoms. The number of carboxylic acid groups (broad SMARTS) is 1. The largest absolute Gasteiger partial charge is 0.508 e. The first-order chi connectivity index (χ1) is 19.0. The monoisotopic (exact) mass is 516 g/mol. The highest BCUT2D eigenvalue weighted by molar-refractivity contribution is 5.90. The van der Waals surface area contributed by atoms with E-state index in [0.717, 1.165) is 28.1 Å². The Morgan fingerprint density at radius 3 is 2.03 bits per heavy atom. The molecule has 5 aromatic rings. The molecular formula is C31H24N4O4. The summed E-state index contributed by atoms with van der Waals surface area (Å²) in [5, 5.41) is 22.9. The number of hydrogen-bond acceptors (Lipinski definition) is 5. The first-order valence-electron chi connectivity index (χ1n) is 12.2. The Bertz CT molecular complexity index is 1630. The van der Waals surface area contributed by atoms with Crippen LogP contribution in [-0.4, -0.2) is 37.9 Å². The van der Waals surface area contributed by atoms with E-state index in [2.05, 4.69) is 10.5 Å². The third-order valence-corrected chi connectivity index (χ3v) is 6.05. The summed E-state index contributed by atoms with van der Waals surface area (Å²) in [6.07, 6.45) is 1.45. The molecule has 0 fully saturated rings. The van der Waals surface area contributed by atoms with Gasteiger partial charge >= 0.3 is 5.97 Å². The van der Waals surface area contributed by atoms with Gasteiger partial charge in [0.25, 0.3) is 5.91 Å². The summed E-state index contributed by atoms with van der Waals surface area (Å²) in [5.74, 6) is -0.689. The predicted octanol–water partition coefficient (Wildman–Crippen LogP) is 5.44. The molecule has 0 unspecified atom stereocenters. The number of hydrazone groups is 1. The van der Waals surface area contributed by atoms with E-state index in [1.54, 1.807) is 36.4 Å². The fourth-order valence-electron chi connectivity index (χ4n) is 4.19. The molecule has 0 aliphatic heterocycles. The van der Waals surface area contributed by atoms with Crippen LogP contribution < -0.4 is 5.43 Å². The minimum atomic E-state index is -1.01. The van der Waals surface area contributed by atoms with Crippen LogP contribution in [0.3, 0.4) is 0 Å². The van der Waals surface area contributed by atoms with E-state index in [-0.39, 0.29) is 23.8 Å². The number of aromatic nitrogens is 2. The molecule has 4 aromatic carbocycles. The number of imidazole rings is 1. The topological polar surface area (TPSA) is 117 Å². The van der Waals surface area contributed by atoms with Crippen molar-refractivity contribution in [3.05, 3.63) is 120 Å². The van der Waals surface area contributed by atoms with Crippen LogP contribution in [0, 0.1) is 0 Å². The first kappa shape index (κ1) is 25.2. The molecule has 1 amide bonds. The molecule has 0 saturated carbocycles. The molecule has 39 heavy (non-hydrogen) atoms. The summed E-state index contributed by atoms with van der Waals surface area (Å²) in [7, 11) is 0. The number of carbonyl (C=O) groups is 2. The van der Waals surface area contributed by atoms with Gasteiger partial charge < -0.3 is 14.8 Å². The van der Waals surface area contributed by atoms with E-state index in [9.17, 15) is 14.7 Å². The number of hydrogen-bond donors (Lipinski definition) is 3. The summed E-state index contributed by atoms with van der Waals surface area (Å²) in [6.45, 7) is -0.0738. The molecule has 8 heteroatoms. The van der Waals surface area contributed by atoms with Gasteiger partial charge in [0.1, 0.15) is 18.1 Å². The van der Waals surface area contributed by atoms with Crippen LogP contribution in [0.25, 0.3) is 33.9 Å². The van der Waals surface area contributed by atoms with Gasteiger partial charge in [-0.15, -0.1) is 0 Å². The summed E-state index contributed by atoms with van der Waals surface area (Å²) in [5.41, 5.74) is 7.39. The van der Waals surface area contributed by atoms with Gasteiger partial charge in [-0.3, -0.25) is 4.79 Å². The maximum absolute atomic E-state index is 13.1. The quantitative estimate of drug-likeness (QED) is 0.188. The second-order valence-electron chi connectivity index (χ2n) is 8.72. The lowest BCUT2D eigenvalue weighted by Crippen LogP contribution is -2.24. The minimum Gasteiger partial charge on any atom is -0.508 e. The molecule has 0 aliphatic rings. The van der Waals surface area contributed by atoms with Gasteiger partial charge in [-0.1, -0.05) is 72.8 Å². The van der Waals surface area contributed by atoms with Crippen molar-refractivity contribution in [1.29, 1.82) is 0 Å². The Kier molecular flexibility index (Phi) is 7.27. The molecule has 0 saturated heterocycles. The number of nitrogens with zero attached hydrogens (tertiary/aromatic N) is 3. The number of aromatic hydroxyl groups is 1. The Morgan fingerprint density at radius 2 is 1.41 bits per heavy atom. The van der Waals surface area contributed by atoms with Crippen LogP contribution in [0.1, 0.15) is 15.9 Å². The van der Waals surface area contributed by atoms with Gasteiger partial charge in [0, 0.05) is 16.7 Å². The van der Waals surface area contributed by atoms with Gasteiger partial charge in [-0.2, -0.15) is 5.10 Å². The highest BCUT2D eigenvalue weighted by Gasteiger charge is 2.22. The molecule has 0 bridgehead atoms. The average Bonchev–Trinajstić information content (AvgIpc) is 3.33. The number of carbonyl (C=O) groups excluding carboxylic acids is 1. The molecular weight excluding hydrogens is 492 g/mol. The molecule has 1 heterocycles. The molecule has 0 aliphatic carbocycles. The predicted molar refractivity (Wildman–Crippen MR) is 149 cm³/mol. The van der Waals surface area contributed by atoms with Crippen molar-refractivity contribution in [3.8, 4) is 39.7 Å². The fourth-order valence-corrected chi connectivity index (χ4v) is 4.19. The van der Waals surface area contributed by atoms with E-state index in [1.807, 2.05) is 65.2 Å². The summed E-state index contributed by atoms with van der Waals surface area (Å²) in [4.78, 5) is 29.1. The molecule has 8 nitrogen and oxygen atoms in total. The van der Waals surface area contributed by atoms with Crippen molar-refractivity contribution in [1.82, 2.24) is 15.0 Å². The van der Waals surface area contributed by atoms with Crippen molar-refractivity contribution in [2.24, 2.45) is 5.10 Å². The highest BCUT2D eigenvalue weighted by Crippen LogP contribution is 2.36. The standard InChI is InChI=1S/C31H24N4O4/c36-26-17-15-24(16-18-26)30-33-28(22-7-3-1-4-8-22)29(23-9-5-2-6-10-23)35(30)20-27(37)34-32-19-21-11-13-25(14-12-21)31(38)39/h1-19,36H,20H2,(H,34,37)(H,38,39)/b32-19+. The van der Waals surface area contributed by atoms with Crippen molar-refractivity contribution < 1.29 is 19.8 Å². The van der Waals surface area contributed by atoms with Crippen molar-refractivity contribution in [2.75, 3.05) is 0 Å². The first-order valence-corrected chi connectivity index (χ1v) is 12.2. The smallest absolute Gasteiger partial charge is 0.335 e. The maximum atomic E-state index is 13.1. The lowest BCUT2D eigenvalue weighted by Gasteiger charge is -2.13. The molecule has 0 radical (unpaired) electrons. The maximum Gasteiger partial charge on any atom is 0.335 e. The van der Waals surface area contributed by atoms with Crippen molar-refractivity contribution >= 4 is 18.1 Å². The van der Waals surface area contributed by atoms with Crippen molar-refractivity contribution in [3.63, 3.8) is 0 Å². The summed E-state index contributed by atoms with van der Waals surface area (Å²) < 4.78 is 1.84. The molecule has 5 rings (SSSR count). The third kappa shape index (κ3) is 5.75. The van der Waals surface area contributed by atoms with E-state index in [1.165, 1.54) is 18.3 Å². The number of benzene rings is 4. The number of rotatable bonds is 8. The third-order valence-electron chi connectivity index (χ3n) is 6.05. The van der Waals surface area contributed by atoms with Gasteiger partial charge in [0.05, 0.1) is 23.2 Å². The number of phenolic OH excluding ortho intramolecular Hbond substituents is 1. The zero-order valence-corrected chi connectivity index (χ0v) is 20.7. The van der Waals surface area contributed by atoms with Crippen LogP contribution in [0.2, 0.25) is 0 Å². The lowest BCUT2D eigenvalue weighted by molar-refractivity contribution is -0.121. The fraction of sp³-hybridized carbons (Fsp3) is 0.0323. The Hall–Kier alpha value is -5.50. The molecule has 0 atom stereocenters. The lowest BCUT2D eigenvalue weighted by atomic mass is 10.0. The highest BCUT2D eigenvalue weighted by atomic mass is 16.4. The van der Waals surface area contributed by atoms with Gasteiger partial charge in [-0.25, -0.2) is 15.2 Å². The van der Waals surface area contributed by atoms with Gasteiger partial charge in [0.15, 0.2) is 0 Å². The average molecular weight is 517 g/mol. The second kappa shape index (κ2) is 11.3. The van der Waals surface area contributed by atoms with Crippen molar-refractivity contribution in [2.45, 2.75) is 6.54 Å². The van der Waals surface area contributed by atoms with E-state index >= 15 is 0 Å². The summed E-state index contributed by atoms with van der Waals surface area (Å²) >= 11 is 0.